The highest BCUT2D eigenvalue weighted by Gasteiger charge is 2.32. The summed E-state index contributed by atoms with van der Waals surface area (Å²) in [4.78, 5) is 3.88. The van der Waals surface area contributed by atoms with E-state index in [0.29, 0.717) is 5.56 Å². The molecule has 1 aromatic heterocycles. The summed E-state index contributed by atoms with van der Waals surface area (Å²) in [6, 6.07) is 7.25. The molecule has 0 spiro atoms. The van der Waals surface area contributed by atoms with Crippen molar-refractivity contribution in [1.82, 2.24) is 15.7 Å². The summed E-state index contributed by atoms with van der Waals surface area (Å²) in [5.41, 5.74) is 3.26. The van der Waals surface area contributed by atoms with Crippen LogP contribution in [0.1, 0.15) is 11.5 Å². The number of aliphatic hydroxyl groups excluding tert-OH is 1. The van der Waals surface area contributed by atoms with Crippen LogP contribution in [0.2, 0.25) is 0 Å². The summed E-state index contributed by atoms with van der Waals surface area (Å²) in [5, 5.41) is 30.7. The molecule has 0 amide bonds. The molecule has 19 heavy (non-hydrogen) atoms. The fraction of sp³-hybridized carbons (Fsp3) is 0.0833. The summed E-state index contributed by atoms with van der Waals surface area (Å²) in [5.74, 6) is 4.48. The quantitative estimate of drug-likeness (QED) is 0.439. The molecule has 0 aliphatic carbocycles. The first-order valence-corrected chi connectivity index (χ1v) is 5.34. The lowest BCUT2D eigenvalue weighted by atomic mass is 9.84. The number of hydrazine groups is 1. The van der Waals surface area contributed by atoms with E-state index in [0.717, 1.165) is 0 Å². The Labute approximate surface area is 109 Å². The molecule has 1 aliphatic heterocycles. The van der Waals surface area contributed by atoms with Crippen molar-refractivity contribution in [2.45, 2.75) is 5.92 Å². The third-order valence-corrected chi connectivity index (χ3v) is 2.77. The average molecular weight is 254 g/mol. The van der Waals surface area contributed by atoms with E-state index < -0.39 is 5.92 Å². The van der Waals surface area contributed by atoms with Gasteiger partial charge in [0.15, 0.2) is 0 Å². The maximum atomic E-state index is 9.81. The molecule has 2 rings (SSSR count). The van der Waals surface area contributed by atoms with Gasteiger partial charge in [0.25, 0.3) is 0 Å². The van der Waals surface area contributed by atoms with Crippen molar-refractivity contribution in [3.63, 3.8) is 0 Å². The van der Waals surface area contributed by atoms with Crippen LogP contribution < -0.4 is 16.6 Å². The van der Waals surface area contributed by atoms with Gasteiger partial charge >= 0.3 is 0 Å². The fourth-order valence-corrected chi connectivity index (χ4v) is 1.92. The number of hydrogen-bond acceptors (Lipinski definition) is 7. The first kappa shape index (κ1) is 12.4. The number of allylic oxidation sites excluding steroid dienone is 2. The summed E-state index contributed by atoms with van der Waals surface area (Å²) in [6.07, 6.45) is 3.10. The maximum absolute atomic E-state index is 9.81. The second-order valence-corrected chi connectivity index (χ2v) is 3.76. The van der Waals surface area contributed by atoms with Crippen molar-refractivity contribution in [3.8, 4) is 12.1 Å². The number of dihydropyridines is 1. The molecule has 0 fully saturated rings. The monoisotopic (exact) mass is 254 g/mol. The molecule has 5 N–H and O–H groups in total. The molecule has 7 nitrogen and oxygen atoms in total. The fourth-order valence-electron chi connectivity index (χ4n) is 1.92. The number of nitriles is 2. The normalized spacial score (nSPS) is 18.4. The summed E-state index contributed by atoms with van der Waals surface area (Å²) < 4.78 is 0. The van der Waals surface area contributed by atoms with Crippen LogP contribution in [0.3, 0.4) is 0 Å². The molecule has 0 saturated carbocycles. The lowest BCUT2D eigenvalue weighted by molar-refractivity contribution is 0.359. The molecule has 0 aromatic carbocycles. The van der Waals surface area contributed by atoms with E-state index in [1.54, 1.807) is 24.5 Å². The topological polar surface area (TPSA) is 131 Å². The van der Waals surface area contributed by atoms with Gasteiger partial charge in [0.05, 0.1) is 17.6 Å². The van der Waals surface area contributed by atoms with Gasteiger partial charge in [-0.1, -0.05) is 0 Å². The van der Waals surface area contributed by atoms with Crippen LogP contribution in [0.25, 0.3) is 0 Å². The smallest absolute Gasteiger partial charge is 0.205 e. The summed E-state index contributed by atoms with van der Waals surface area (Å²) in [6.45, 7) is 0. The largest absolute Gasteiger partial charge is 0.494 e. The average Bonchev–Trinajstić information content (AvgIpc) is 2.46. The van der Waals surface area contributed by atoms with Gasteiger partial charge in [-0.2, -0.15) is 10.5 Å². The number of rotatable bonds is 2. The lowest BCUT2D eigenvalue weighted by Crippen LogP contribution is -2.37. The number of nitrogens with two attached hydrogens (primary N) is 1. The van der Waals surface area contributed by atoms with Gasteiger partial charge in [0.1, 0.15) is 17.5 Å². The van der Waals surface area contributed by atoms with E-state index in [1.807, 2.05) is 12.1 Å². The Bertz CT molecular complexity index is 634. The van der Waals surface area contributed by atoms with E-state index in [4.69, 9.17) is 11.1 Å². The van der Waals surface area contributed by atoms with Crippen LogP contribution >= 0.6 is 0 Å². The van der Waals surface area contributed by atoms with Gasteiger partial charge < -0.3 is 15.8 Å². The molecule has 1 aromatic rings. The van der Waals surface area contributed by atoms with E-state index in [9.17, 15) is 10.4 Å². The Balaban J connectivity index is 2.63. The summed E-state index contributed by atoms with van der Waals surface area (Å²) >= 11 is 0. The standard InChI is InChI=1S/C12H10N6O/c13-5-8-10(7-1-3-16-4-2-7)9(6-14)12(19)17-11(8)18-15/h1-4,10,17-19H,15H2/t10-/m1/s1. The highest BCUT2D eigenvalue weighted by Crippen LogP contribution is 2.35. The zero-order valence-corrected chi connectivity index (χ0v) is 9.75. The Hall–Kier alpha value is -3.03. The predicted molar refractivity (Wildman–Crippen MR) is 65.3 cm³/mol. The number of hydrogen-bond donors (Lipinski definition) is 4. The van der Waals surface area contributed by atoms with Crippen molar-refractivity contribution >= 4 is 0 Å². The van der Waals surface area contributed by atoms with E-state index in [2.05, 4.69) is 15.7 Å². The Morgan fingerprint density at radius 1 is 1.26 bits per heavy atom. The van der Waals surface area contributed by atoms with Crippen LogP contribution in [-0.4, -0.2) is 10.1 Å². The molecule has 7 heteroatoms. The SMILES string of the molecule is N#CC1=C(O)NC(NN)=C(C#N)[C@H]1c1ccncc1. The van der Waals surface area contributed by atoms with E-state index in [-0.39, 0.29) is 22.9 Å². The zero-order valence-electron chi connectivity index (χ0n) is 9.75. The molecular weight excluding hydrogens is 244 g/mol. The summed E-state index contributed by atoms with van der Waals surface area (Å²) in [7, 11) is 0. The molecule has 1 atom stereocenters. The molecule has 0 unspecified atom stereocenters. The minimum Gasteiger partial charge on any atom is -0.494 e. The number of pyridine rings is 1. The Morgan fingerprint density at radius 2 is 1.89 bits per heavy atom. The molecule has 94 valence electrons. The van der Waals surface area contributed by atoms with Crippen LogP contribution in [0.4, 0.5) is 0 Å². The van der Waals surface area contributed by atoms with Crippen molar-refractivity contribution in [1.29, 1.82) is 10.5 Å². The van der Waals surface area contributed by atoms with Gasteiger partial charge in [-0.25, -0.2) is 5.84 Å². The van der Waals surface area contributed by atoms with Gasteiger partial charge in [0.2, 0.25) is 5.88 Å². The number of aliphatic hydroxyl groups is 1. The van der Waals surface area contributed by atoms with Crippen molar-refractivity contribution in [3.05, 3.63) is 52.9 Å². The second kappa shape index (κ2) is 5.08. The molecule has 0 saturated heterocycles. The molecule has 0 bridgehead atoms. The van der Waals surface area contributed by atoms with Crippen LogP contribution in [-0.2, 0) is 0 Å². The lowest BCUT2D eigenvalue weighted by Gasteiger charge is -2.25. The van der Waals surface area contributed by atoms with Crippen LogP contribution in [0.5, 0.6) is 0 Å². The molecule has 2 heterocycles. The minimum atomic E-state index is -0.676. The first-order chi connectivity index (χ1) is 9.22. The van der Waals surface area contributed by atoms with Crippen molar-refractivity contribution in [2.75, 3.05) is 0 Å². The highest BCUT2D eigenvalue weighted by atomic mass is 16.3. The van der Waals surface area contributed by atoms with Gasteiger partial charge in [-0.3, -0.25) is 4.98 Å². The van der Waals surface area contributed by atoms with Crippen LogP contribution in [0.15, 0.2) is 47.4 Å². The second-order valence-electron chi connectivity index (χ2n) is 3.76. The minimum absolute atomic E-state index is 0.0572. The third kappa shape index (κ3) is 2.06. The van der Waals surface area contributed by atoms with Gasteiger partial charge in [0, 0.05) is 12.4 Å². The maximum Gasteiger partial charge on any atom is 0.205 e. The van der Waals surface area contributed by atoms with Crippen molar-refractivity contribution < 1.29 is 5.11 Å². The van der Waals surface area contributed by atoms with E-state index in [1.165, 1.54) is 0 Å². The first-order valence-electron chi connectivity index (χ1n) is 5.34. The Morgan fingerprint density at radius 3 is 2.42 bits per heavy atom. The van der Waals surface area contributed by atoms with Crippen LogP contribution in [0, 0.1) is 22.7 Å². The number of nitrogens with one attached hydrogen (secondary N) is 2. The molecule has 0 radical (unpaired) electrons. The molecule has 1 aliphatic rings. The molecular formula is C12H10N6O. The van der Waals surface area contributed by atoms with Gasteiger partial charge in [-0.15, -0.1) is 0 Å². The van der Waals surface area contributed by atoms with Gasteiger partial charge in [-0.05, 0) is 17.7 Å². The highest BCUT2D eigenvalue weighted by molar-refractivity contribution is 5.53. The van der Waals surface area contributed by atoms with Crippen molar-refractivity contribution in [2.24, 2.45) is 5.84 Å². The van der Waals surface area contributed by atoms with E-state index >= 15 is 0 Å². The number of nitrogens with zero attached hydrogens (tertiary/aromatic N) is 3. The zero-order chi connectivity index (χ0) is 13.8. The number of aromatic nitrogens is 1. The third-order valence-electron chi connectivity index (χ3n) is 2.77. The predicted octanol–water partition coefficient (Wildman–Crippen LogP) is 0.260. The Kier molecular flexibility index (Phi) is 3.33.